The first kappa shape index (κ1) is 12.7. The molecule has 1 unspecified atom stereocenters. The van der Waals surface area contributed by atoms with E-state index in [0.29, 0.717) is 18.0 Å². The van der Waals surface area contributed by atoms with Gasteiger partial charge >= 0.3 is 0 Å². The van der Waals surface area contributed by atoms with Crippen LogP contribution in [0.4, 0.5) is 0 Å². The van der Waals surface area contributed by atoms with Crippen molar-refractivity contribution in [1.29, 1.82) is 0 Å². The lowest BCUT2D eigenvalue weighted by Gasteiger charge is -2.24. The maximum absolute atomic E-state index is 12.4. The van der Waals surface area contributed by atoms with Gasteiger partial charge in [-0.3, -0.25) is 4.79 Å². The fraction of sp³-hybridized carbons (Fsp3) is 0.562. The van der Waals surface area contributed by atoms with Crippen molar-refractivity contribution in [3.05, 3.63) is 35.4 Å². The van der Waals surface area contributed by atoms with Gasteiger partial charge in [-0.25, -0.2) is 0 Å². The van der Waals surface area contributed by atoms with Crippen molar-refractivity contribution in [3.8, 4) is 0 Å². The van der Waals surface area contributed by atoms with E-state index in [2.05, 4.69) is 48.3 Å². The lowest BCUT2D eigenvalue weighted by molar-refractivity contribution is -0.131. The number of nitrogens with one attached hydrogen (secondary N) is 1. The van der Waals surface area contributed by atoms with Crippen LogP contribution in [-0.4, -0.2) is 35.5 Å². The average Bonchev–Trinajstić information content (AvgIpc) is 2.93. The van der Waals surface area contributed by atoms with Gasteiger partial charge in [-0.2, -0.15) is 0 Å². The van der Waals surface area contributed by atoms with Gasteiger partial charge in [0.2, 0.25) is 5.91 Å². The second-order valence-electron chi connectivity index (χ2n) is 6.03. The topological polar surface area (TPSA) is 32.3 Å². The van der Waals surface area contributed by atoms with E-state index < -0.39 is 0 Å². The largest absolute Gasteiger partial charge is 0.338 e. The van der Waals surface area contributed by atoms with Gasteiger partial charge < -0.3 is 10.2 Å². The van der Waals surface area contributed by atoms with Crippen LogP contribution in [0.2, 0.25) is 0 Å². The molecule has 1 heterocycles. The molecular formula is C16H22N2O. The molecule has 1 aromatic carbocycles. The number of rotatable bonds is 3. The molecule has 0 bridgehead atoms. The second kappa shape index (κ2) is 4.97. The molecule has 0 saturated carbocycles. The second-order valence-corrected chi connectivity index (χ2v) is 6.03. The third-order valence-electron chi connectivity index (χ3n) is 4.24. The first-order valence-electron chi connectivity index (χ1n) is 7.28. The predicted octanol–water partition coefficient (Wildman–Crippen LogP) is 1.75. The van der Waals surface area contributed by atoms with Gasteiger partial charge in [0.1, 0.15) is 0 Å². The van der Waals surface area contributed by atoms with Crippen LogP contribution >= 0.6 is 0 Å². The highest BCUT2D eigenvalue weighted by molar-refractivity contribution is 5.84. The molecule has 1 aromatic rings. The Bertz CT molecular complexity index is 458. The van der Waals surface area contributed by atoms with E-state index in [0.717, 1.165) is 25.8 Å². The molecule has 1 amide bonds. The maximum Gasteiger partial charge on any atom is 0.240 e. The lowest BCUT2D eigenvalue weighted by atomic mass is 10.1. The van der Waals surface area contributed by atoms with Gasteiger partial charge in [-0.05, 0) is 30.4 Å². The number of amides is 1. The van der Waals surface area contributed by atoms with Gasteiger partial charge in [-0.1, -0.05) is 38.1 Å². The summed E-state index contributed by atoms with van der Waals surface area (Å²) in [5, 5.41) is 3.37. The molecule has 1 saturated heterocycles. The van der Waals surface area contributed by atoms with Gasteiger partial charge in [-0.15, -0.1) is 0 Å². The van der Waals surface area contributed by atoms with E-state index in [9.17, 15) is 4.79 Å². The molecule has 3 heteroatoms. The zero-order valence-corrected chi connectivity index (χ0v) is 11.7. The Balaban J connectivity index is 1.68. The van der Waals surface area contributed by atoms with Crippen LogP contribution in [0.15, 0.2) is 24.3 Å². The van der Waals surface area contributed by atoms with Crippen LogP contribution in [0.3, 0.4) is 0 Å². The Morgan fingerprint density at radius 3 is 2.42 bits per heavy atom. The highest BCUT2D eigenvalue weighted by Crippen LogP contribution is 2.28. The lowest BCUT2D eigenvalue weighted by Crippen LogP contribution is -2.45. The molecule has 0 spiro atoms. The van der Waals surface area contributed by atoms with Gasteiger partial charge in [0.25, 0.3) is 0 Å². The molecule has 1 atom stereocenters. The fourth-order valence-corrected chi connectivity index (χ4v) is 3.38. The fourth-order valence-electron chi connectivity index (χ4n) is 3.38. The molecule has 102 valence electrons. The molecule has 1 aliphatic carbocycles. The van der Waals surface area contributed by atoms with Gasteiger partial charge in [0, 0.05) is 18.6 Å². The molecule has 0 radical (unpaired) electrons. The Kier molecular flexibility index (Phi) is 3.31. The number of carbonyl (C=O) groups is 1. The van der Waals surface area contributed by atoms with Crippen LogP contribution in [0.1, 0.15) is 31.4 Å². The number of hydrogen-bond donors (Lipinski definition) is 1. The summed E-state index contributed by atoms with van der Waals surface area (Å²) >= 11 is 0. The summed E-state index contributed by atoms with van der Waals surface area (Å²) in [5.41, 5.74) is 2.83. The molecule has 3 nitrogen and oxygen atoms in total. The third-order valence-corrected chi connectivity index (χ3v) is 4.24. The summed E-state index contributed by atoms with van der Waals surface area (Å²) < 4.78 is 0. The Labute approximate surface area is 115 Å². The number of nitrogens with zero attached hydrogens (tertiary/aromatic N) is 1. The highest BCUT2D eigenvalue weighted by atomic mass is 16.2. The molecule has 1 N–H and O–H groups in total. The van der Waals surface area contributed by atoms with E-state index in [1.807, 2.05) is 0 Å². The summed E-state index contributed by atoms with van der Waals surface area (Å²) in [6, 6.07) is 9.35. The monoisotopic (exact) mass is 258 g/mol. The molecule has 3 rings (SSSR count). The standard InChI is InChI=1S/C16H22N2O/c1-11(2)17-15-7-8-18(16(15)19)14-9-12-5-3-4-6-13(12)10-14/h3-6,11,14-15,17H,7-10H2,1-2H3. The van der Waals surface area contributed by atoms with E-state index in [1.54, 1.807) is 0 Å². The number of benzene rings is 1. The summed E-state index contributed by atoms with van der Waals surface area (Å²) in [5.74, 6) is 0.298. The summed E-state index contributed by atoms with van der Waals surface area (Å²) in [6.45, 7) is 5.10. The Morgan fingerprint density at radius 2 is 1.84 bits per heavy atom. The van der Waals surface area contributed by atoms with Crippen LogP contribution < -0.4 is 5.32 Å². The SMILES string of the molecule is CC(C)NC1CCN(C2Cc3ccccc3C2)C1=O. The van der Waals surface area contributed by atoms with E-state index in [4.69, 9.17) is 0 Å². The van der Waals surface area contributed by atoms with E-state index in [1.165, 1.54) is 11.1 Å². The summed E-state index contributed by atoms with van der Waals surface area (Å²) in [7, 11) is 0. The number of hydrogen-bond acceptors (Lipinski definition) is 2. The van der Waals surface area contributed by atoms with Crippen molar-refractivity contribution < 1.29 is 4.79 Å². The summed E-state index contributed by atoms with van der Waals surface area (Å²) in [6.07, 6.45) is 3.00. The first-order chi connectivity index (χ1) is 9.15. The van der Waals surface area contributed by atoms with Crippen LogP contribution in [-0.2, 0) is 17.6 Å². The van der Waals surface area contributed by atoms with Gasteiger partial charge in [0.15, 0.2) is 0 Å². The highest BCUT2D eigenvalue weighted by Gasteiger charge is 2.38. The minimum Gasteiger partial charge on any atom is -0.338 e. The molecule has 1 fully saturated rings. The van der Waals surface area contributed by atoms with Crippen molar-refractivity contribution in [2.24, 2.45) is 0 Å². The van der Waals surface area contributed by atoms with E-state index in [-0.39, 0.29) is 6.04 Å². The maximum atomic E-state index is 12.4. The molecule has 2 aliphatic rings. The normalized spacial score (nSPS) is 23.4. The molecule has 1 aliphatic heterocycles. The smallest absolute Gasteiger partial charge is 0.240 e. The van der Waals surface area contributed by atoms with Crippen LogP contribution in [0, 0.1) is 0 Å². The Morgan fingerprint density at radius 1 is 1.21 bits per heavy atom. The number of carbonyl (C=O) groups excluding carboxylic acids is 1. The molecule has 19 heavy (non-hydrogen) atoms. The number of likely N-dealkylation sites (tertiary alicyclic amines) is 1. The van der Waals surface area contributed by atoms with Crippen molar-refractivity contribution in [3.63, 3.8) is 0 Å². The molecule has 0 aromatic heterocycles. The molecular weight excluding hydrogens is 236 g/mol. The minimum absolute atomic E-state index is 0.0312. The first-order valence-corrected chi connectivity index (χ1v) is 7.28. The predicted molar refractivity (Wildman–Crippen MR) is 76.0 cm³/mol. The Hall–Kier alpha value is -1.35. The zero-order valence-electron chi connectivity index (χ0n) is 11.7. The summed E-state index contributed by atoms with van der Waals surface area (Å²) in [4.78, 5) is 14.5. The third kappa shape index (κ3) is 2.39. The van der Waals surface area contributed by atoms with Crippen molar-refractivity contribution in [2.75, 3.05) is 6.54 Å². The van der Waals surface area contributed by atoms with Crippen molar-refractivity contribution in [2.45, 2.75) is 51.2 Å². The van der Waals surface area contributed by atoms with Gasteiger partial charge in [0.05, 0.1) is 6.04 Å². The van der Waals surface area contributed by atoms with Crippen molar-refractivity contribution in [1.82, 2.24) is 10.2 Å². The quantitative estimate of drug-likeness (QED) is 0.896. The minimum atomic E-state index is 0.0312. The van der Waals surface area contributed by atoms with Crippen LogP contribution in [0.5, 0.6) is 0 Å². The average molecular weight is 258 g/mol. The zero-order chi connectivity index (χ0) is 13.4. The number of fused-ring (bicyclic) bond motifs is 1. The van der Waals surface area contributed by atoms with Crippen molar-refractivity contribution >= 4 is 5.91 Å². The van der Waals surface area contributed by atoms with E-state index >= 15 is 0 Å². The van der Waals surface area contributed by atoms with Crippen LogP contribution in [0.25, 0.3) is 0 Å².